The van der Waals surface area contributed by atoms with Gasteiger partial charge in [-0.2, -0.15) is 0 Å². The van der Waals surface area contributed by atoms with Crippen molar-refractivity contribution in [2.24, 2.45) is 0 Å². The van der Waals surface area contributed by atoms with Crippen LogP contribution in [0.1, 0.15) is 40.5 Å². The molecule has 27 heavy (non-hydrogen) atoms. The normalized spacial score (nSPS) is 14.7. The summed E-state index contributed by atoms with van der Waals surface area (Å²) in [5.74, 6) is -0.270. The van der Waals surface area contributed by atoms with Gasteiger partial charge in [0.05, 0.1) is 0 Å². The molecule has 3 rings (SSSR count). The van der Waals surface area contributed by atoms with E-state index < -0.39 is 0 Å². The Labute approximate surface area is 163 Å². The molecule has 2 aromatic rings. The van der Waals surface area contributed by atoms with Gasteiger partial charge in [-0.3, -0.25) is 9.59 Å². The van der Waals surface area contributed by atoms with Crippen molar-refractivity contribution in [3.05, 3.63) is 40.3 Å². The third-order valence-corrected chi connectivity index (χ3v) is 5.44. The van der Waals surface area contributed by atoms with Gasteiger partial charge in [0.15, 0.2) is 0 Å². The molecule has 0 atom stereocenters. The zero-order valence-corrected chi connectivity index (χ0v) is 16.1. The zero-order chi connectivity index (χ0) is 18.9. The summed E-state index contributed by atoms with van der Waals surface area (Å²) in [6.45, 7) is 3.86. The van der Waals surface area contributed by atoms with Crippen molar-refractivity contribution >= 4 is 28.8 Å². The summed E-state index contributed by atoms with van der Waals surface area (Å²) in [5, 5.41) is 14.7. The fourth-order valence-electron chi connectivity index (χ4n) is 3.00. The van der Waals surface area contributed by atoms with E-state index in [1.807, 2.05) is 30.3 Å². The molecule has 0 bridgehead atoms. The number of para-hydroxylation sites is 1. The van der Waals surface area contributed by atoms with E-state index in [0.29, 0.717) is 35.1 Å². The lowest BCUT2D eigenvalue weighted by atomic mass is 10.1. The van der Waals surface area contributed by atoms with E-state index in [4.69, 9.17) is 0 Å². The molecule has 1 fully saturated rings. The van der Waals surface area contributed by atoms with Crippen LogP contribution in [0.3, 0.4) is 0 Å². The first-order valence-electron chi connectivity index (χ1n) is 9.38. The van der Waals surface area contributed by atoms with Gasteiger partial charge in [0.2, 0.25) is 10.9 Å². The first-order valence-corrected chi connectivity index (χ1v) is 10.2. The maximum absolute atomic E-state index is 12.2. The number of amides is 2. The molecule has 2 heterocycles. The highest BCUT2D eigenvalue weighted by atomic mass is 32.1. The van der Waals surface area contributed by atoms with Gasteiger partial charge in [-0.05, 0) is 38.1 Å². The number of piperidine rings is 1. The van der Waals surface area contributed by atoms with Crippen molar-refractivity contribution in [2.45, 2.75) is 32.1 Å². The molecule has 7 nitrogen and oxygen atoms in total. The smallest absolute Gasteiger partial charge is 0.286 e. The molecule has 0 radical (unpaired) electrons. The first-order chi connectivity index (χ1) is 13.2. The largest absolute Gasteiger partial charge is 0.355 e. The maximum atomic E-state index is 12.2. The lowest BCUT2D eigenvalue weighted by molar-refractivity contribution is -0.121. The molecule has 2 N–H and O–H groups in total. The second-order valence-electron chi connectivity index (χ2n) is 6.57. The average molecular weight is 388 g/mol. The van der Waals surface area contributed by atoms with Crippen LogP contribution in [0.2, 0.25) is 0 Å². The predicted molar refractivity (Wildman–Crippen MR) is 106 cm³/mol. The van der Waals surface area contributed by atoms with Crippen LogP contribution in [0.5, 0.6) is 0 Å². The molecule has 0 spiro atoms. The molecule has 1 aromatic carbocycles. The second kappa shape index (κ2) is 10.1. The Morgan fingerprint density at radius 1 is 1.07 bits per heavy atom. The highest BCUT2D eigenvalue weighted by Crippen LogP contribution is 2.14. The quantitative estimate of drug-likeness (QED) is 0.726. The van der Waals surface area contributed by atoms with Crippen LogP contribution in [0.4, 0.5) is 5.69 Å². The number of nitrogens with one attached hydrogen (secondary N) is 2. The zero-order valence-electron chi connectivity index (χ0n) is 15.3. The number of nitrogens with zero attached hydrogens (tertiary/aromatic N) is 3. The van der Waals surface area contributed by atoms with Crippen LogP contribution in [-0.2, 0) is 11.2 Å². The molecule has 1 aliphatic heterocycles. The Balaban J connectivity index is 1.37. The van der Waals surface area contributed by atoms with Crippen molar-refractivity contribution in [1.29, 1.82) is 0 Å². The second-order valence-corrected chi connectivity index (χ2v) is 7.64. The van der Waals surface area contributed by atoms with Crippen LogP contribution in [0.25, 0.3) is 0 Å². The minimum absolute atomic E-state index is 0.0116. The summed E-state index contributed by atoms with van der Waals surface area (Å²) >= 11 is 1.23. The molecule has 0 unspecified atom stereocenters. The molecule has 2 amide bonds. The minimum Gasteiger partial charge on any atom is -0.355 e. The van der Waals surface area contributed by atoms with Crippen LogP contribution < -0.4 is 10.6 Å². The Morgan fingerprint density at radius 2 is 1.85 bits per heavy atom. The SMILES string of the molecule is O=C(CCc1nnc(C(=O)Nc2ccccc2)s1)NCCN1CCCCC1. The van der Waals surface area contributed by atoms with E-state index in [0.717, 1.165) is 19.6 Å². The number of hydrogen-bond acceptors (Lipinski definition) is 6. The van der Waals surface area contributed by atoms with E-state index in [-0.39, 0.29) is 11.8 Å². The predicted octanol–water partition coefficient (Wildman–Crippen LogP) is 2.33. The minimum atomic E-state index is -0.282. The van der Waals surface area contributed by atoms with Crippen LogP contribution in [0, 0.1) is 0 Å². The van der Waals surface area contributed by atoms with E-state index in [1.54, 1.807) is 0 Å². The Bertz CT molecular complexity index is 744. The summed E-state index contributed by atoms with van der Waals surface area (Å²) in [5.41, 5.74) is 0.715. The number of carbonyl (C=O) groups excluding carboxylic acids is 2. The fraction of sp³-hybridized carbons (Fsp3) is 0.474. The van der Waals surface area contributed by atoms with Crippen molar-refractivity contribution < 1.29 is 9.59 Å². The summed E-state index contributed by atoms with van der Waals surface area (Å²) in [4.78, 5) is 26.6. The Morgan fingerprint density at radius 3 is 2.63 bits per heavy atom. The lowest BCUT2D eigenvalue weighted by Gasteiger charge is -2.26. The lowest BCUT2D eigenvalue weighted by Crippen LogP contribution is -2.37. The molecular formula is C19H25N5O2S. The van der Waals surface area contributed by atoms with Gasteiger partial charge >= 0.3 is 0 Å². The van der Waals surface area contributed by atoms with Gasteiger partial charge < -0.3 is 15.5 Å². The summed E-state index contributed by atoms with van der Waals surface area (Å²) in [7, 11) is 0. The molecule has 1 aliphatic rings. The number of aromatic nitrogens is 2. The number of anilines is 1. The monoisotopic (exact) mass is 387 g/mol. The molecule has 144 valence electrons. The molecule has 0 saturated carbocycles. The maximum Gasteiger partial charge on any atom is 0.286 e. The van der Waals surface area contributed by atoms with E-state index in [1.165, 1.54) is 30.6 Å². The summed E-state index contributed by atoms with van der Waals surface area (Å²) in [6, 6.07) is 9.22. The van der Waals surface area contributed by atoms with Gasteiger partial charge in [-0.25, -0.2) is 0 Å². The van der Waals surface area contributed by atoms with Gasteiger partial charge in [-0.1, -0.05) is 36.0 Å². The van der Waals surface area contributed by atoms with Crippen molar-refractivity contribution in [1.82, 2.24) is 20.4 Å². The first kappa shape index (κ1) is 19.4. The number of likely N-dealkylation sites (tertiary alicyclic amines) is 1. The topological polar surface area (TPSA) is 87.2 Å². The van der Waals surface area contributed by atoms with E-state index in [9.17, 15) is 9.59 Å². The average Bonchev–Trinajstić information content (AvgIpc) is 3.17. The van der Waals surface area contributed by atoms with Crippen molar-refractivity contribution in [2.75, 3.05) is 31.5 Å². The molecule has 1 aromatic heterocycles. The number of carbonyl (C=O) groups is 2. The van der Waals surface area contributed by atoms with E-state index >= 15 is 0 Å². The Hall–Kier alpha value is -2.32. The van der Waals surface area contributed by atoms with Crippen LogP contribution in [-0.4, -0.2) is 53.1 Å². The molecule has 1 saturated heterocycles. The van der Waals surface area contributed by atoms with Gasteiger partial charge in [0.1, 0.15) is 5.01 Å². The van der Waals surface area contributed by atoms with Gasteiger partial charge in [0, 0.05) is 31.6 Å². The molecule has 8 heteroatoms. The van der Waals surface area contributed by atoms with Crippen LogP contribution >= 0.6 is 11.3 Å². The standard InChI is InChI=1S/C19H25N5O2S/c25-16(20-11-14-24-12-5-2-6-13-24)9-10-17-22-23-19(27-17)18(26)21-15-7-3-1-4-8-15/h1,3-4,7-8H,2,5-6,9-14H2,(H,20,25)(H,21,26). The summed E-state index contributed by atoms with van der Waals surface area (Å²) < 4.78 is 0. The number of aryl methyl sites for hydroxylation is 1. The van der Waals surface area contributed by atoms with Crippen molar-refractivity contribution in [3.8, 4) is 0 Å². The van der Waals surface area contributed by atoms with Crippen LogP contribution in [0.15, 0.2) is 30.3 Å². The highest BCUT2D eigenvalue weighted by molar-refractivity contribution is 7.13. The third kappa shape index (κ3) is 6.41. The van der Waals surface area contributed by atoms with E-state index in [2.05, 4.69) is 25.7 Å². The molecular weight excluding hydrogens is 362 g/mol. The van der Waals surface area contributed by atoms with Gasteiger partial charge in [-0.15, -0.1) is 10.2 Å². The number of hydrogen-bond donors (Lipinski definition) is 2. The number of rotatable bonds is 8. The fourth-order valence-corrected chi connectivity index (χ4v) is 3.73. The Kier molecular flexibility index (Phi) is 7.29. The highest BCUT2D eigenvalue weighted by Gasteiger charge is 2.14. The van der Waals surface area contributed by atoms with Crippen molar-refractivity contribution in [3.63, 3.8) is 0 Å². The van der Waals surface area contributed by atoms with Gasteiger partial charge in [0.25, 0.3) is 5.91 Å². The number of benzene rings is 1. The molecule has 0 aliphatic carbocycles. The summed E-state index contributed by atoms with van der Waals surface area (Å²) in [6.07, 6.45) is 4.67. The third-order valence-electron chi connectivity index (χ3n) is 4.46.